The van der Waals surface area contributed by atoms with Gasteiger partial charge in [-0.15, -0.1) is 0 Å². The lowest BCUT2D eigenvalue weighted by Crippen LogP contribution is -2.56. The normalized spacial score (nSPS) is 21.3. The van der Waals surface area contributed by atoms with E-state index in [4.69, 9.17) is 21.4 Å². The molecule has 0 spiro atoms. The van der Waals surface area contributed by atoms with Crippen LogP contribution in [0.2, 0.25) is 5.02 Å². The van der Waals surface area contributed by atoms with E-state index < -0.39 is 17.7 Å². The first-order valence-electron chi connectivity index (χ1n) is 5.58. The van der Waals surface area contributed by atoms with E-state index in [0.29, 0.717) is 17.2 Å². The number of aliphatic carboxylic acids is 1. The van der Waals surface area contributed by atoms with Gasteiger partial charge in [0.25, 0.3) is 0 Å². The predicted octanol–water partition coefficient (Wildman–Crippen LogP) is 3.75. The number of fused-ring (bicyclic) bond motifs is 1. The van der Waals surface area contributed by atoms with Gasteiger partial charge in [0, 0.05) is 5.56 Å². The van der Waals surface area contributed by atoms with E-state index in [2.05, 4.69) is 0 Å². The summed E-state index contributed by atoms with van der Waals surface area (Å²) >= 11 is 5.88. The molecule has 1 heterocycles. The Morgan fingerprint density at radius 1 is 1.40 bits per heavy atom. The van der Waals surface area contributed by atoms with Crippen LogP contribution in [-0.2, 0) is 4.79 Å². The molecule has 0 aromatic heterocycles. The van der Waals surface area contributed by atoms with Gasteiger partial charge in [-0.05, 0) is 37.1 Å². The average molecular weight is 307 g/mol. The maximum Gasteiger partial charge on any atom is 0.443 e. The molecule has 0 bridgehead atoms. The summed E-state index contributed by atoms with van der Waals surface area (Å²) in [5, 5.41) is 8.87. The zero-order valence-corrected chi connectivity index (χ0v) is 11.3. The minimum Gasteiger partial charge on any atom is -0.478 e. The van der Waals surface area contributed by atoms with Gasteiger partial charge in [0.1, 0.15) is 5.75 Å². The maximum atomic E-state index is 13.1. The second-order valence-corrected chi connectivity index (χ2v) is 4.92. The third-order valence-electron chi connectivity index (χ3n) is 3.29. The number of alkyl halides is 3. The lowest BCUT2D eigenvalue weighted by Gasteiger charge is -2.33. The van der Waals surface area contributed by atoms with Gasteiger partial charge in [0.2, 0.25) is 0 Å². The average Bonchev–Trinajstić information content (AvgIpc) is 2.33. The molecule has 1 aliphatic heterocycles. The third-order valence-corrected chi connectivity index (χ3v) is 3.57. The van der Waals surface area contributed by atoms with Crippen LogP contribution in [0.1, 0.15) is 16.7 Å². The van der Waals surface area contributed by atoms with Crippen molar-refractivity contribution >= 4 is 23.6 Å². The van der Waals surface area contributed by atoms with Gasteiger partial charge in [-0.1, -0.05) is 17.7 Å². The summed E-state index contributed by atoms with van der Waals surface area (Å²) in [7, 11) is 0. The number of benzene rings is 1. The topological polar surface area (TPSA) is 46.5 Å². The molecular formula is C13H10ClF3O3. The monoisotopic (exact) mass is 306 g/mol. The Balaban J connectivity index is 2.68. The molecular weight excluding hydrogens is 297 g/mol. The van der Waals surface area contributed by atoms with E-state index in [1.807, 2.05) is 0 Å². The molecule has 1 aromatic carbocycles. The lowest BCUT2D eigenvalue weighted by atomic mass is 9.94. The Morgan fingerprint density at radius 3 is 2.50 bits per heavy atom. The molecule has 0 saturated carbocycles. The highest BCUT2D eigenvalue weighted by Crippen LogP contribution is 2.45. The molecule has 3 nitrogen and oxygen atoms in total. The van der Waals surface area contributed by atoms with Gasteiger partial charge in [-0.3, -0.25) is 0 Å². The van der Waals surface area contributed by atoms with E-state index >= 15 is 0 Å². The second kappa shape index (κ2) is 4.41. The highest BCUT2D eigenvalue weighted by atomic mass is 35.5. The Kier molecular flexibility index (Phi) is 3.25. The molecule has 1 atom stereocenters. The van der Waals surface area contributed by atoms with Crippen molar-refractivity contribution in [3.8, 4) is 5.75 Å². The van der Waals surface area contributed by atoms with Crippen molar-refractivity contribution in [3.63, 3.8) is 0 Å². The summed E-state index contributed by atoms with van der Waals surface area (Å²) in [5.74, 6) is -2.40. The third kappa shape index (κ3) is 1.95. The van der Waals surface area contributed by atoms with E-state index in [1.165, 1.54) is 6.07 Å². The van der Waals surface area contributed by atoms with Crippen molar-refractivity contribution in [2.75, 3.05) is 0 Å². The smallest absolute Gasteiger partial charge is 0.443 e. The second-order valence-electron chi connectivity index (χ2n) is 4.52. The molecule has 1 unspecified atom stereocenters. The van der Waals surface area contributed by atoms with Crippen molar-refractivity contribution in [1.82, 2.24) is 0 Å². The van der Waals surface area contributed by atoms with Crippen LogP contribution >= 0.6 is 11.6 Å². The Hall–Kier alpha value is -1.69. The van der Waals surface area contributed by atoms with Crippen molar-refractivity contribution in [3.05, 3.63) is 33.9 Å². The number of carbonyl (C=O) groups is 1. The molecule has 0 fully saturated rings. The van der Waals surface area contributed by atoms with Gasteiger partial charge < -0.3 is 9.84 Å². The summed E-state index contributed by atoms with van der Waals surface area (Å²) in [6.45, 7) is 3.44. The number of rotatable bonds is 1. The molecule has 108 valence electrons. The number of carboxylic acid groups (broad SMARTS) is 1. The number of hydrogen-bond acceptors (Lipinski definition) is 2. The van der Waals surface area contributed by atoms with Crippen LogP contribution in [0.4, 0.5) is 13.2 Å². The Labute approximate surface area is 117 Å². The van der Waals surface area contributed by atoms with E-state index in [1.54, 1.807) is 13.8 Å². The number of halogens is 4. The SMILES string of the molecule is Cc1cc(Cl)c2c(c1C)C=CC(C(=O)O)(C(F)(F)F)O2. The van der Waals surface area contributed by atoms with Gasteiger partial charge >= 0.3 is 17.7 Å². The Morgan fingerprint density at radius 2 is 2.00 bits per heavy atom. The molecule has 20 heavy (non-hydrogen) atoms. The van der Waals surface area contributed by atoms with E-state index in [9.17, 15) is 18.0 Å². The fraction of sp³-hybridized carbons (Fsp3) is 0.308. The summed E-state index contributed by atoms with van der Waals surface area (Å²) < 4.78 is 43.9. The molecule has 1 aromatic rings. The minimum atomic E-state index is -5.10. The van der Waals surface area contributed by atoms with Gasteiger partial charge in [-0.25, -0.2) is 4.79 Å². The number of carboxylic acids is 1. The number of ether oxygens (including phenoxy) is 1. The van der Waals surface area contributed by atoms with E-state index in [0.717, 1.165) is 11.6 Å². The molecule has 1 aliphatic rings. The Bertz CT molecular complexity index is 622. The van der Waals surface area contributed by atoms with Gasteiger partial charge in [-0.2, -0.15) is 13.2 Å². The van der Waals surface area contributed by atoms with Crippen LogP contribution in [0, 0.1) is 13.8 Å². The fourth-order valence-electron chi connectivity index (χ4n) is 1.96. The van der Waals surface area contributed by atoms with Crippen LogP contribution in [-0.4, -0.2) is 22.9 Å². The molecule has 0 aliphatic carbocycles. The summed E-state index contributed by atoms with van der Waals surface area (Å²) in [6.07, 6.45) is -3.51. The van der Waals surface area contributed by atoms with Crippen molar-refractivity contribution in [2.24, 2.45) is 0 Å². The zero-order chi connectivity index (χ0) is 15.3. The van der Waals surface area contributed by atoms with Crippen LogP contribution < -0.4 is 4.74 Å². The standard InChI is InChI=1S/C13H10ClF3O3/c1-6-5-9(14)10-8(7(6)2)3-4-12(20-10,11(18)19)13(15,16)17/h3-5H,1-2H3,(H,18,19). The van der Waals surface area contributed by atoms with Crippen molar-refractivity contribution < 1.29 is 27.8 Å². The zero-order valence-electron chi connectivity index (χ0n) is 10.5. The molecule has 1 N–H and O–H groups in total. The molecule has 7 heteroatoms. The van der Waals surface area contributed by atoms with Gasteiger partial charge in [0.05, 0.1) is 5.02 Å². The van der Waals surface area contributed by atoms with Crippen LogP contribution in [0.25, 0.3) is 6.08 Å². The highest BCUT2D eigenvalue weighted by Gasteiger charge is 2.63. The summed E-state index contributed by atoms with van der Waals surface area (Å²) in [6, 6.07) is 1.44. The fourth-order valence-corrected chi connectivity index (χ4v) is 2.27. The van der Waals surface area contributed by atoms with E-state index in [-0.39, 0.29) is 10.8 Å². The predicted molar refractivity (Wildman–Crippen MR) is 67.0 cm³/mol. The first kappa shape index (κ1) is 14.7. The minimum absolute atomic E-state index is 0.0534. The van der Waals surface area contributed by atoms with Crippen molar-refractivity contribution in [1.29, 1.82) is 0 Å². The number of hydrogen-bond donors (Lipinski definition) is 1. The first-order valence-corrected chi connectivity index (χ1v) is 5.96. The quantitative estimate of drug-likeness (QED) is 0.859. The molecule has 0 amide bonds. The van der Waals surface area contributed by atoms with Crippen LogP contribution in [0.3, 0.4) is 0 Å². The van der Waals surface area contributed by atoms with Crippen LogP contribution in [0.5, 0.6) is 5.75 Å². The number of aryl methyl sites for hydroxylation is 1. The van der Waals surface area contributed by atoms with Crippen molar-refractivity contribution in [2.45, 2.75) is 25.6 Å². The molecule has 0 radical (unpaired) electrons. The lowest BCUT2D eigenvalue weighted by molar-refractivity contribution is -0.235. The molecule has 2 rings (SSSR count). The largest absolute Gasteiger partial charge is 0.478 e. The molecule has 0 saturated heterocycles. The summed E-state index contributed by atoms with van der Waals surface area (Å²) in [5.41, 5.74) is -1.60. The summed E-state index contributed by atoms with van der Waals surface area (Å²) in [4.78, 5) is 11.1. The van der Waals surface area contributed by atoms with Crippen LogP contribution in [0.15, 0.2) is 12.1 Å². The van der Waals surface area contributed by atoms with Gasteiger partial charge in [0.15, 0.2) is 0 Å². The highest BCUT2D eigenvalue weighted by molar-refractivity contribution is 6.32. The maximum absolute atomic E-state index is 13.1. The first-order chi connectivity index (χ1) is 9.10.